The zero-order valence-corrected chi connectivity index (χ0v) is 19.7. The molecule has 33 heavy (non-hydrogen) atoms. The molecule has 0 spiro atoms. The second-order valence-corrected chi connectivity index (χ2v) is 9.54. The number of nitrogens with one attached hydrogen (secondary N) is 1. The van der Waals surface area contributed by atoms with E-state index < -0.39 is 0 Å². The number of hydrogen-bond acceptors (Lipinski definition) is 6. The molecule has 3 heterocycles. The highest BCUT2D eigenvalue weighted by Gasteiger charge is 2.42. The van der Waals surface area contributed by atoms with E-state index in [0.717, 1.165) is 42.0 Å². The number of benzene rings is 1. The van der Waals surface area contributed by atoms with Gasteiger partial charge in [0.15, 0.2) is 11.6 Å². The molecule has 0 fully saturated rings. The Kier molecular flexibility index (Phi) is 5.27. The van der Waals surface area contributed by atoms with Crippen LogP contribution in [0.4, 0.5) is 11.6 Å². The lowest BCUT2D eigenvalue weighted by Crippen LogP contribution is -2.36. The summed E-state index contributed by atoms with van der Waals surface area (Å²) in [5.41, 5.74) is 4.53. The summed E-state index contributed by atoms with van der Waals surface area (Å²) in [6.45, 7) is 10.5. The predicted molar refractivity (Wildman–Crippen MR) is 130 cm³/mol. The van der Waals surface area contributed by atoms with E-state index in [9.17, 15) is 4.79 Å². The van der Waals surface area contributed by atoms with Crippen LogP contribution in [0.25, 0.3) is 11.4 Å². The lowest BCUT2D eigenvalue weighted by atomic mass is 9.73. The second-order valence-electron chi connectivity index (χ2n) is 9.54. The average molecular weight is 443 g/mol. The van der Waals surface area contributed by atoms with Crippen LogP contribution in [-0.2, 0) is 4.79 Å². The molecule has 7 heteroatoms. The van der Waals surface area contributed by atoms with Gasteiger partial charge < -0.3 is 10.2 Å². The van der Waals surface area contributed by atoms with Crippen molar-refractivity contribution in [3.8, 4) is 11.4 Å². The Morgan fingerprint density at radius 1 is 1.09 bits per heavy atom. The highest BCUT2D eigenvalue weighted by Crippen LogP contribution is 2.45. The Bertz CT molecular complexity index is 1210. The van der Waals surface area contributed by atoms with Crippen LogP contribution in [0.15, 0.2) is 59.9 Å². The molecule has 3 aromatic rings. The quantitative estimate of drug-likeness (QED) is 0.609. The molecule has 1 aliphatic carbocycles. The number of pyridine rings is 1. The molecule has 0 bridgehead atoms. The minimum atomic E-state index is -0.378. The molecule has 1 unspecified atom stereocenters. The van der Waals surface area contributed by atoms with E-state index in [0.29, 0.717) is 18.2 Å². The normalized spacial score (nSPS) is 19.0. The Labute approximate surface area is 194 Å². The number of carbonyl (C=O) groups excluding carboxylic acids is 1. The van der Waals surface area contributed by atoms with Crippen molar-refractivity contribution >= 4 is 17.4 Å². The van der Waals surface area contributed by atoms with E-state index in [1.807, 2.05) is 22.9 Å². The van der Waals surface area contributed by atoms with Crippen LogP contribution in [0.3, 0.4) is 0 Å². The number of Topliss-reactive ketones (excluding diaryl/α,β-unsaturated/α-hetero) is 1. The van der Waals surface area contributed by atoms with Gasteiger partial charge in [-0.2, -0.15) is 4.98 Å². The standard InChI is InChI=1S/C26H30N6O/c1-5-31(6-2)18-12-10-17(11-13-18)24-29-25-28-20-15-26(3,4)16-21(33)22(20)23(32(25)30-24)19-9-7-8-14-27-19/h7-14,23H,5-6,15-16H2,1-4H3,(H,28,29,30). The molecule has 0 amide bonds. The van der Waals surface area contributed by atoms with Gasteiger partial charge in [0, 0.05) is 48.2 Å². The zero-order chi connectivity index (χ0) is 23.2. The first-order valence-corrected chi connectivity index (χ1v) is 11.7. The smallest absolute Gasteiger partial charge is 0.226 e. The fourth-order valence-corrected chi connectivity index (χ4v) is 4.95. The van der Waals surface area contributed by atoms with E-state index in [-0.39, 0.29) is 17.2 Å². The molecular formula is C26H30N6O. The second kappa shape index (κ2) is 8.14. The van der Waals surface area contributed by atoms with Gasteiger partial charge in [0.05, 0.1) is 5.69 Å². The fraction of sp³-hybridized carbons (Fsp3) is 0.385. The van der Waals surface area contributed by atoms with Crippen molar-refractivity contribution in [2.24, 2.45) is 5.41 Å². The Morgan fingerprint density at radius 3 is 2.52 bits per heavy atom. The van der Waals surface area contributed by atoms with Crippen LogP contribution in [0, 0.1) is 5.41 Å². The lowest BCUT2D eigenvalue weighted by molar-refractivity contribution is -0.118. The largest absolute Gasteiger partial charge is 0.372 e. The van der Waals surface area contributed by atoms with Gasteiger partial charge in [-0.1, -0.05) is 19.9 Å². The number of anilines is 2. The molecule has 1 aliphatic heterocycles. The number of ketones is 1. The molecule has 170 valence electrons. The van der Waals surface area contributed by atoms with Gasteiger partial charge in [0.1, 0.15) is 6.04 Å². The summed E-state index contributed by atoms with van der Waals surface area (Å²) >= 11 is 0. The molecule has 2 aliphatic rings. The highest BCUT2D eigenvalue weighted by atomic mass is 16.1. The van der Waals surface area contributed by atoms with Crippen molar-refractivity contribution in [2.75, 3.05) is 23.3 Å². The summed E-state index contributed by atoms with van der Waals surface area (Å²) in [7, 11) is 0. The maximum absolute atomic E-state index is 13.3. The third kappa shape index (κ3) is 3.81. The number of carbonyl (C=O) groups is 1. The zero-order valence-electron chi connectivity index (χ0n) is 19.7. The summed E-state index contributed by atoms with van der Waals surface area (Å²) in [6, 6.07) is 13.8. The van der Waals surface area contributed by atoms with E-state index in [4.69, 9.17) is 10.1 Å². The number of aromatic nitrogens is 4. The summed E-state index contributed by atoms with van der Waals surface area (Å²) in [5.74, 6) is 1.43. The number of nitrogens with zero attached hydrogens (tertiary/aromatic N) is 5. The van der Waals surface area contributed by atoms with Crippen LogP contribution in [0.5, 0.6) is 0 Å². The third-order valence-corrected chi connectivity index (χ3v) is 6.55. The van der Waals surface area contributed by atoms with Crippen molar-refractivity contribution in [3.63, 3.8) is 0 Å². The van der Waals surface area contributed by atoms with Crippen LogP contribution in [0.2, 0.25) is 0 Å². The molecule has 5 rings (SSSR count). The molecular weight excluding hydrogens is 412 g/mol. The highest BCUT2D eigenvalue weighted by molar-refractivity contribution is 6.00. The van der Waals surface area contributed by atoms with Crippen LogP contribution in [-0.4, -0.2) is 38.6 Å². The fourth-order valence-electron chi connectivity index (χ4n) is 4.95. The van der Waals surface area contributed by atoms with Gasteiger partial charge in [-0.3, -0.25) is 9.78 Å². The Morgan fingerprint density at radius 2 is 1.85 bits per heavy atom. The maximum atomic E-state index is 13.3. The SMILES string of the molecule is CCN(CC)c1ccc(-c2nc3n(n2)C(c2ccccn2)C2=C(CC(C)(C)CC2=O)N3)cc1. The van der Waals surface area contributed by atoms with E-state index >= 15 is 0 Å². The number of rotatable bonds is 5. The molecule has 0 saturated heterocycles. The van der Waals surface area contributed by atoms with Crippen molar-refractivity contribution in [1.82, 2.24) is 19.7 Å². The van der Waals surface area contributed by atoms with Gasteiger partial charge in [0.2, 0.25) is 5.95 Å². The summed E-state index contributed by atoms with van der Waals surface area (Å²) in [5, 5.41) is 8.29. The molecule has 1 aromatic carbocycles. The van der Waals surface area contributed by atoms with Gasteiger partial charge in [-0.05, 0) is 62.1 Å². The molecule has 1 N–H and O–H groups in total. The first-order valence-electron chi connectivity index (χ1n) is 11.7. The Balaban J connectivity index is 1.58. The number of fused-ring (bicyclic) bond motifs is 1. The maximum Gasteiger partial charge on any atom is 0.226 e. The van der Waals surface area contributed by atoms with E-state index in [1.54, 1.807) is 6.20 Å². The summed E-state index contributed by atoms with van der Waals surface area (Å²) in [6.07, 6.45) is 3.07. The minimum Gasteiger partial charge on any atom is -0.372 e. The van der Waals surface area contributed by atoms with Crippen LogP contribution >= 0.6 is 0 Å². The molecule has 0 saturated carbocycles. The summed E-state index contributed by atoms with van der Waals surface area (Å²) in [4.78, 5) is 25.0. The van der Waals surface area contributed by atoms with Gasteiger partial charge in [-0.25, -0.2) is 4.68 Å². The van der Waals surface area contributed by atoms with E-state index in [1.165, 1.54) is 5.69 Å². The third-order valence-electron chi connectivity index (χ3n) is 6.55. The first-order chi connectivity index (χ1) is 15.9. The van der Waals surface area contributed by atoms with Crippen molar-refractivity contribution in [2.45, 2.75) is 46.6 Å². The topological polar surface area (TPSA) is 75.9 Å². The van der Waals surface area contributed by atoms with Crippen molar-refractivity contribution in [3.05, 3.63) is 65.6 Å². The van der Waals surface area contributed by atoms with Gasteiger partial charge in [-0.15, -0.1) is 5.10 Å². The first kappa shape index (κ1) is 21.4. The van der Waals surface area contributed by atoms with Crippen molar-refractivity contribution in [1.29, 1.82) is 0 Å². The van der Waals surface area contributed by atoms with Gasteiger partial charge >= 0.3 is 0 Å². The molecule has 7 nitrogen and oxygen atoms in total. The van der Waals surface area contributed by atoms with Crippen LogP contribution in [0.1, 0.15) is 52.3 Å². The van der Waals surface area contributed by atoms with Gasteiger partial charge in [0.25, 0.3) is 0 Å². The minimum absolute atomic E-state index is 0.0944. The molecule has 1 atom stereocenters. The average Bonchev–Trinajstić information content (AvgIpc) is 3.22. The number of allylic oxidation sites excluding steroid dienone is 2. The lowest BCUT2D eigenvalue weighted by Gasteiger charge is -2.37. The summed E-state index contributed by atoms with van der Waals surface area (Å²) < 4.78 is 1.82. The molecule has 2 aromatic heterocycles. The van der Waals surface area contributed by atoms with Crippen LogP contribution < -0.4 is 10.2 Å². The Hall–Kier alpha value is -3.48. The van der Waals surface area contributed by atoms with E-state index in [2.05, 4.69) is 67.2 Å². The number of hydrogen-bond donors (Lipinski definition) is 1. The molecule has 0 radical (unpaired) electrons. The van der Waals surface area contributed by atoms with Crippen molar-refractivity contribution < 1.29 is 4.79 Å². The monoisotopic (exact) mass is 442 g/mol. The predicted octanol–water partition coefficient (Wildman–Crippen LogP) is 4.84.